The van der Waals surface area contributed by atoms with Crippen molar-refractivity contribution in [3.63, 3.8) is 0 Å². The van der Waals surface area contributed by atoms with E-state index >= 15 is 0 Å². The van der Waals surface area contributed by atoms with E-state index in [2.05, 4.69) is 19.3 Å². The molecule has 4 unspecified atom stereocenters. The van der Waals surface area contributed by atoms with Crippen LogP contribution in [0.5, 0.6) is 0 Å². The third-order valence-corrected chi connectivity index (χ3v) is 4.11. The molecule has 2 nitrogen and oxygen atoms in total. The van der Waals surface area contributed by atoms with Gasteiger partial charge in [-0.05, 0) is 52.0 Å². The van der Waals surface area contributed by atoms with Crippen LogP contribution in [0.15, 0.2) is 0 Å². The number of ether oxygens (including phenoxy) is 1. The van der Waals surface area contributed by atoms with Gasteiger partial charge in [-0.2, -0.15) is 0 Å². The third kappa shape index (κ3) is 3.18. The van der Waals surface area contributed by atoms with E-state index in [1.54, 1.807) is 0 Å². The first-order valence-corrected chi connectivity index (χ1v) is 6.60. The van der Waals surface area contributed by atoms with Crippen molar-refractivity contribution in [2.45, 2.75) is 70.1 Å². The normalized spacial score (nSPS) is 42.0. The van der Waals surface area contributed by atoms with Crippen LogP contribution in [0, 0.1) is 5.92 Å². The average Bonchev–Trinajstić information content (AvgIpc) is 2.64. The summed E-state index contributed by atoms with van der Waals surface area (Å²) in [4.78, 5) is 0. The molecule has 1 saturated heterocycles. The molecule has 0 bridgehead atoms. The van der Waals surface area contributed by atoms with Crippen LogP contribution in [0.2, 0.25) is 0 Å². The van der Waals surface area contributed by atoms with Gasteiger partial charge in [0.25, 0.3) is 0 Å². The van der Waals surface area contributed by atoms with E-state index < -0.39 is 0 Å². The molecule has 1 saturated carbocycles. The summed E-state index contributed by atoms with van der Waals surface area (Å²) in [6.45, 7) is 2.21. The molecule has 88 valence electrons. The van der Waals surface area contributed by atoms with Gasteiger partial charge in [0, 0.05) is 6.04 Å². The first kappa shape index (κ1) is 11.4. The summed E-state index contributed by atoms with van der Waals surface area (Å²) in [5, 5.41) is 3.43. The van der Waals surface area contributed by atoms with Crippen molar-refractivity contribution in [1.29, 1.82) is 0 Å². The van der Waals surface area contributed by atoms with Crippen molar-refractivity contribution < 1.29 is 4.74 Å². The molecule has 1 aliphatic heterocycles. The molecule has 0 amide bonds. The molecule has 2 heteroatoms. The highest BCUT2D eigenvalue weighted by molar-refractivity contribution is 4.81. The van der Waals surface area contributed by atoms with Gasteiger partial charge in [0.05, 0.1) is 12.2 Å². The van der Waals surface area contributed by atoms with Crippen LogP contribution in [0.1, 0.15) is 51.9 Å². The summed E-state index contributed by atoms with van der Waals surface area (Å²) >= 11 is 0. The first-order valence-electron chi connectivity index (χ1n) is 6.60. The zero-order valence-electron chi connectivity index (χ0n) is 10.2. The minimum absolute atomic E-state index is 0.513. The van der Waals surface area contributed by atoms with Crippen molar-refractivity contribution in [3.05, 3.63) is 0 Å². The molecule has 2 fully saturated rings. The van der Waals surface area contributed by atoms with Crippen LogP contribution >= 0.6 is 0 Å². The van der Waals surface area contributed by atoms with E-state index in [1.165, 1.54) is 44.9 Å². The van der Waals surface area contributed by atoms with Crippen LogP contribution in [0.4, 0.5) is 0 Å². The smallest absolute Gasteiger partial charge is 0.0582 e. The molecule has 2 rings (SSSR count). The highest BCUT2D eigenvalue weighted by atomic mass is 16.5. The van der Waals surface area contributed by atoms with Crippen LogP contribution < -0.4 is 5.32 Å². The molecular formula is C13H25NO. The quantitative estimate of drug-likeness (QED) is 0.775. The fraction of sp³-hybridized carbons (Fsp3) is 1.00. The summed E-state index contributed by atoms with van der Waals surface area (Å²) in [5.41, 5.74) is 0. The molecule has 1 N–H and O–H groups in total. The lowest BCUT2D eigenvalue weighted by molar-refractivity contribution is 0.0355. The molecule has 0 aromatic carbocycles. The van der Waals surface area contributed by atoms with Gasteiger partial charge >= 0.3 is 0 Å². The minimum Gasteiger partial charge on any atom is -0.375 e. The maximum absolute atomic E-state index is 5.91. The summed E-state index contributed by atoms with van der Waals surface area (Å²) in [6, 6.07) is 0.766. The van der Waals surface area contributed by atoms with Gasteiger partial charge in [-0.3, -0.25) is 0 Å². The molecule has 15 heavy (non-hydrogen) atoms. The Kier molecular flexibility index (Phi) is 4.04. The lowest BCUT2D eigenvalue weighted by Crippen LogP contribution is -2.32. The van der Waals surface area contributed by atoms with Gasteiger partial charge in [0.1, 0.15) is 0 Å². The molecule has 1 heterocycles. The Morgan fingerprint density at radius 3 is 2.73 bits per heavy atom. The Bertz CT molecular complexity index is 195. The Morgan fingerprint density at radius 2 is 2.07 bits per heavy atom. The van der Waals surface area contributed by atoms with E-state index in [0.29, 0.717) is 12.2 Å². The Balaban J connectivity index is 1.74. The molecule has 4 atom stereocenters. The maximum Gasteiger partial charge on any atom is 0.0582 e. The van der Waals surface area contributed by atoms with Gasteiger partial charge in [-0.25, -0.2) is 0 Å². The van der Waals surface area contributed by atoms with Gasteiger partial charge in [-0.15, -0.1) is 0 Å². The van der Waals surface area contributed by atoms with Crippen LogP contribution in [-0.4, -0.2) is 25.3 Å². The predicted octanol–water partition coefficient (Wildman–Crippen LogP) is 2.72. The Hall–Kier alpha value is -0.0800. The number of rotatable bonds is 3. The van der Waals surface area contributed by atoms with Gasteiger partial charge < -0.3 is 10.1 Å². The van der Waals surface area contributed by atoms with Crippen LogP contribution in [0.25, 0.3) is 0 Å². The zero-order chi connectivity index (χ0) is 10.7. The molecular weight excluding hydrogens is 186 g/mol. The molecule has 0 spiro atoms. The molecule has 1 aliphatic carbocycles. The van der Waals surface area contributed by atoms with Gasteiger partial charge in [0.2, 0.25) is 0 Å². The van der Waals surface area contributed by atoms with E-state index in [0.717, 1.165) is 12.0 Å². The zero-order valence-corrected chi connectivity index (χ0v) is 10.2. The predicted molar refractivity (Wildman–Crippen MR) is 63.0 cm³/mol. The van der Waals surface area contributed by atoms with Gasteiger partial charge in [0.15, 0.2) is 0 Å². The summed E-state index contributed by atoms with van der Waals surface area (Å²) in [5.74, 6) is 0.909. The molecule has 2 aliphatic rings. The highest BCUT2D eigenvalue weighted by Crippen LogP contribution is 2.32. The fourth-order valence-corrected chi connectivity index (χ4v) is 3.20. The number of nitrogens with one attached hydrogen (secondary N) is 1. The fourth-order valence-electron chi connectivity index (χ4n) is 3.20. The second kappa shape index (κ2) is 5.31. The monoisotopic (exact) mass is 211 g/mol. The van der Waals surface area contributed by atoms with E-state index in [4.69, 9.17) is 4.74 Å². The second-order valence-corrected chi connectivity index (χ2v) is 5.40. The maximum atomic E-state index is 5.91. The van der Waals surface area contributed by atoms with Crippen molar-refractivity contribution in [1.82, 2.24) is 5.32 Å². The molecule has 0 aromatic rings. The minimum atomic E-state index is 0.513. The largest absolute Gasteiger partial charge is 0.375 e. The molecule has 0 radical (unpaired) electrons. The standard InChI is InChI=1S/C13H25NO/c1-10-6-7-13(15-10)9-11-4-3-5-12(8-11)14-2/h10-14H,3-9H2,1-2H3. The summed E-state index contributed by atoms with van der Waals surface area (Å²) < 4.78 is 5.91. The van der Waals surface area contributed by atoms with Crippen LogP contribution in [-0.2, 0) is 4.74 Å². The first-order chi connectivity index (χ1) is 7.28. The van der Waals surface area contributed by atoms with Crippen molar-refractivity contribution >= 4 is 0 Å². The van der Waals surface area contributed by atoms with Gasteiger partial charge in [-0.1, -0.05) is 12.8 Å². The van der Waals surface area contributed by atoms with Crippen LogP contribution in [0.3, 0.4) is 0 Å². The summed E-state index contributed by atoms with van der Waals surface area (Å²) in [7, 11) is 2.10. The number of hydrogen-bond donors (Lipinski definition) is 1. The van der Waals surface area contributed by atoms with E-state index in [1.807, 2.05) is 0 Å². The Morgan fingerprint density at radius 1 is 1.20 bits per heavy atom. The Labute approximate surface area is 93.8 Å². The van der Waals surface area contributed by atoms with Crippen molar-refractivity contribution in [2.24, 2.45) is 5.92 Å². The van der Waals surface area contributed by atoms with Crippen molar-refractivity contribution in [3.8, 4) is 0 Å². The SMILES string of the molecule is CNC1CCCC(CC2CCC(C)O2)C1. The summed E-state index contributed by atoms with van der Waals surface area (Å²) in [6.07, 6.45) is 10.5. The third-order valence-electron chi connectivity index (χ3n) is 4.11. The highest BCUT2D eigenvalue weighted by Gasteiger charge is 2.27. The second-order valence-electron chi connectivity index (χ2n) is 5.40. The van der Waals surface area contributed by atoms with Crippen molar-refractivity contribution in [2.75, 3.05) is 7.05 Å². The topological polar surface area (TPSA) is 21.3 Å². The lowest BCUT2D eigenvalue weighted by Gasteiger charge is -2.30. The lowest BCUT2D eigenvalue weighted by atomic mass is 9.82. The average molecular weight is 211 g/mol. The van der Waals surface area contributed by atoms with E-state index in [-0.39, 0.29) is 0 Å². The molecule has 0 aromatic heterocycles. The van der Waals surface area contributed by atoms with E-state index in [9.17, 15) is 0 Å². The number of hydrogen-bond acceptors (Lipinski definition) is 2.